The van der Waals surface area contributed by atoms with E-state index in [4.69, 9.17) is 0 Å². The predicted molar refractivity (Wildman–Crippen MR) is 74.5 cm³/mol. The molecule has 0 bridgehead atoms. The van der Waals surface area contributed by atoms with Crippen molar-refractivity contribution in [3.8, 4) is 0 Å². The summed E-state index contributed by atoms with van der Waals surface area (Å²) in [5.74, 6) is -0.234. The highest BCUT2D eigenvalue weighted by Crippen LogP contribution is 2.33. The summed E-state index contributed by atoms with van der Waals surface area (Å²) in [6.45, 7) is 8.99. The SMILES string of the molecule is C=CC=CC(=O)OC.CC1=CC(=O)CC(C)(C)C1O. The van der Waals surface area contributed by atoms with Gasteiger partial charge in [-0.15, -0.1) is 0 Å². The van der Waals surface area contributed by atoms with Gasteiger partial charge in [-0.25, -0.2) is 4.79 Å². The van der Waals surface area contributed by atoms with Gasteiger partial charge in [0.15, 0.2) is 5.78 Å². The molecule has 0 aromatic carbocycles. The molecule has 1 aliphatic rings. The average molecular weight is 266 g/mol. The summed E-state index contributed by atoms with van der Waals surface area (Å²) in [4.78, 5) is 21.3. The zero-order valence-electron chi connectivity index (χ0n) is 12.0. The molecule has 0 saturated carbocycles. The molecular formula is C15H22O4. The van der Waals surface area contributed by atoms with Gasteiger partial charge in [0.25, 0.3) is 0 Å². The van der Waals surface area contributed by atoms with E-state index in [1.807, 2.05) is 13.8 Å². The topological polar surface area (TPSA) is 63.6 Å². The second-order valence-electron chi connectivity index (χ2n) is 5.04. The molecule has 1 atom stereocenters. The molecule has 0 amide bonds. The second kappa shape index (κ2) is 7.69. The highest BCUT2D eigenvalue weighted by molar-refractivity contribution is 5.92. The van der Waals surface area contributed by atoms with Crippen LogP contribution in [-0.2, 0) is 14.3 Å². The first kappa shape index (κ1) is 17.3. The van der Waals surface area contributed by atoms with Crippen LogP contribution in [0.15, 0.2) is 36.5 Å². The molecule has 0 spiro atoms. The molecule has 0 aliphatic heterocycles. The fourth-order valence-corrected chi connectivity index (χ4v) is 1.76. The number of carbonyl (C=O) groups is 2. The molecule has 0 aromatic rings. The van der Waals surface area contributed by atoms with Crippen LogP contribution >= 0.6 is 0 Å². The van der Waals surface area contributed by atoms with E-state index in [2.05, 4.69) is 11.3 Å². The molecule has 1 rings (SSSR count). The van der Waals surface area contributed by atoms with Crippen molar-refractivity contribution in [1.29, 1.82) is 0 Å². The van der Waals surface area contributed by atoms with Gasteiger partial charge in [-0.05, 0) is 18.6 Å². The number of rotatable bonds is 2. The van der Waals surface area contributed by atoms with E-state index in [0.29, 0.717) is 6.42 Å². The van der Waals surface area contributed by atoms with Crippen LogP contribution in [0.4, 0.5) is 0 Å². The smallest absolute Gasteiger partial charge is 0.330 e. The lowest BCUT2D eigenvalue weighted by Crippen LogP contribution is -2.35. The van der Waals surface area contributed by atoms with Crippen LogP contribution in [0.25, 0.3) is 0 Å². The third-order valence-corrected chi connectivity index (χ3v) is 2.76. The van der Waals surface area contributed by atoms with E-state index in [1.165, 1.54) is 31.4 Å². The Labute approximate surface area is 114 Å². The van der Waals surface area contributed by atoms with Crippen LogP contribution in [0, 0.1) is 5.41 Å². The van der Waals surface area contributed by atoms with Gasteiger partial charge < -0.3 is 9.84 Å². The summed E-state index contributed by atoms with van der Waals surface area (Å²) in [6.07, 6.45) is 5.86. The van der Waals surface area contributed by atoms with E-state index < -0.39 is 6.10 Å². The average Bonchev–Trinajstić information content (AvgIpc) is 2.33. The van der Waals surface area contributed by atoms with Crippen LogP contribution in [-0.4, -0.2) is 30.1 Å². The van der Waals surface area contributed by atoms with Crippen LogP contribution in [0.3, 0.4) is 0 Å². The lowest BCUT2D eigenvalue weighted by Gasteiger charge is -2.33. The molecule has 106 valence electrons. The van der Waals surface area contributed by atoms with Gasteiger partial charge in [-0.1, -0.05) is 32.6 Å². The first-order valence-electron chi connectivity index (χ1n) is 6.00. The zero-order valence-corrected chi connectivity index (χ0v) is 12.0. The highest BCUT2D eigenvalue weighted by Gasteiger charge is 2.34. The first-order valence-corrected chi connectivity index (χ1v) is 6.00. The Morgan fingerprint density at radius 3 is 2.58 bits per heavy atom. The second-order valence-corrected chi connectivity index (χ2v) is 5.04. The Morgan fingerprint density at radius 2 is 2.16 bits per heavy atom. The van der Waals surface area contributed by atoms with Crippen molar-refractivity contribution in [2.24, 2.45) is 5.41 Å². The van der Waals surface area contributed by atoms with E-state index >= 15 is 0 Å². The molecular weight excluding hydrogens is 244 g/mol. The molecule has 4 nitrogen and oxygen atoms in total. The van der Waals surface area contributed by atoms with Crippen molar-refractivity contribution in [2.45, 2.75) is 33.3 Å². The Morgan fingerprint density at radius 1 is 1.58 bits per heavy atom. The van der Waals surface area contributed by atoms with Crippen molar-refractivity contribution in [2.75, 3.05) is 7.11 Å². The first-order chi connectivity index (χ1) is 8.74. The van der Waals surface area contributed by atoms with E-state index in [1.54, 1.807) is 6.92 Å². The number of esters is 1. The van der Waals surface area contributed by atoms with Crippen molar-refractivity contribution in [3.05, 3.63) is 36.5 Å². The number of hydrogen-bond donors (Lipinski definition) is 1. The quantitative estimate of drug-likeness (QED) is 0.473. The monoisotopic (exact) mass is 266 g/mol. The third-order valence-electron chi connectivity index (χ3n) is 2.76. The molecule has 0 saturated heterocycles. The standard InChI is InChI=1S/C9H14O2.C6H8O2/c1-6-4-7(10)5-9(2,3)8(6)11;1-3-4-5-6(7)8-2/h4,8,11H,5H2,1-3H3;3-5H,1H2,2H3. The highest BCUT2D eigenvalue weighted by atomic mass is 16.5. The molecule has 0 radical (unpaired) electrons. The number of aliphatic hydroxyl groups is 1. The Hall–Kier alpha value is -1.68. The lowest BCUT2D eigenvalue weighted by atomic mass is 9.75. The summed E-state index contributed by atoms with van der Waals surface area (Å²) in [6, 6.07) is 0. The number of carbonyl (C=O) groups excluding carboxylic acids is 2. The van der Waals surface area contributed by atoms with E-state index in [9.17, 15) is 14.7 Å². The molecule has 4 heteroatoms. The Kier molecular flexibility index (Phi) is 7.01. The normalized spacial score (nSPS) is 21.2. The summed E-state index contributed by atoms with van der Waals surface area (Å²) >= 11 is 0. The largest absolute Gasteiger partial charge is 0.466 e. The number of ether oxygens (including phenoxy) is 1. The van der Waals surface area contributed by atoms with Gasteiger partial charge in [0.05, 0.1) is 13.2 Å². The maximum atomic E-state index is 11.0. The summed E-state index contributed by atoms with van der Waals surface area (Å²) in [5, 5.41) is 9.60. The number of aliphatic hydroxyl groups excluding tert-OH is 1. The molecule has 19 heavy (non-hydrogen) atoms. The fourth-order valence-electron chi connectivity index (χ4n) is 1.76. The van der Waals surface area contributed by atoms with Gasteiger partial charge in [-0.3, -0.25) is 4.79 Å². The lowest BCUT2D eigenvalue weighted by molar-refractivity contribution is -0.134. The maximum absolute atomic E-state index is 11.0. The van der Waals surface area contributed by atoms with Crippen LogP contribution in [0.5, 0.6) is 0 Å². The van der Waals surface area contributed by atoms with Crippen LogP contribution in [0.1, 0.15) is 27.2 Å². The van der Waals surface area contributed by atoms with Crippen LogP contribution < -0.4 is 0 Å². The fraction of sp³-hybridized carbons (Fsp3) is 0.467. The minimum atomic E-state index is -0.458. The Balaban J connectivity index is 0.000000362. The summed E-state index contributed by atoms with van der Waals surface area (Å²) < 4.78 is 4.28. The minimum absolute atomic E-state index is 0.123. The van der Waals surface area contributed by atoms with Crippen molar-refractivity contribution in [3.63, 3.8) is 0 Å². The number of ketones is 1. The van der Waals surface area contributed by atoms with Crippen LogP contribution in [0.2, 0.25) is 0 Å². The van der Waals surface area contributed by atoms with Gasteiger partial charge in [-0.2, -0.15) is 0 Å². The molecule has 1 N–H and O–H groups in total. The van der Waals surface area contributed by atoms with Crippen molar-refractivity contribution >= 4 is 11.8 Å². The number of hydrogen-bond acceptors (Lipinski definition) is 4. The third kappa shape index (κ3) is 6.15. The molecule has 1 unspecified atom stereocenters. The van der Waals surface area contributed by atoms with Crippen molar-refractivity contribution in [1.82, 2.24) is 0 Å². The van der Waals surface area contributed by atoms with Gasteiger partial charge in [0, 0.05) is 17.9 Å². The van der Waals surface area contributed by atoms with E-state index in [0.717, 1.165) is 5.57 Å². The van der Waals surface area contributed by atoms with Crippen molar-refractivity contribution < 1.29 is 19.4 Å². The maximum Gasteiger partial charge on any atom is 0.330 e. The van der Waals surface area contributed by atoms with Gasteiger partial charge in [0.2, 0.25) is 0 Å². The summed E-state index contributed by atoms with van der Waals surface area (Å²) in [7, 11) is 1.33. The summed E-state index contributed by atoms with van der Waals surface area (Å²) in [5.41, 5.74) is 0.502. The minimum Gasteiger partial charge on any atom is -0.466 e. The Bertz CT molecular complexity index is 402. The number of methoxy groups -OCH3 is 1. The zero-order chi connectivity index (χ0) is 15.1. The number of allylic oxidation sites excluding steroid dienone is 3. The molecule has 1 aliphatic carbocycles. The van der Waals surface area contributed by atoms with Gasteiger partial charge >= 0.3 is 5.97 Å². The molecule has 0 heterocycles. The molecule has 0 aromatic heterocycles. The van der Waals surface area contributed by atoms with E-state index in [-0.39, 0.29) is 17.2 Å². The predicted octanol–water partition coefficient (Wildman–Crippen LogP) is 2.19. The van der Waals surface area contributed by atoms with Gasteiger partial charge in [0.1, 0.15) is 0 Å². The molecule has 0 fully saturated rings.